The molecule has 0 aromatic carbocycles. The van der Waals surface area contributed by atoms with Crippen LogP contribution in [0, 0.1) is 5.41 Å². The first kappa shape index (κ1) is 12.3. The predicted octanol–water partition coefficient (Wildman–Crippen LogP) is -0.0426. The highest BCUT2D eigenvalue weighted by Crippen LogP contribution is 2.27. The zero-order valence-corrected chi connectivity index (χ0v) is 9.71. The molecule has 0 aromatic rings. The minimum absolute atomic E-state index is 0.178. The van der Waals surface area contributed by atoms with Gasteiger partial charge in [0.15, 0.2) is 0 Å². The van der Waals surface area contributed by atoms with E-state index in [1.54, 1.807) is 13.8 Å². The van der Waals surface area contributed by atoms with Gasteiger partial charge in [0, 0.05) is 12.3 Å². The summed E-state index contributed by atoms with van der Waals surface area (Å²) in [7, 11) is 0. The largest absolute Gasteiger partial charge is 0.480 e. The zero-order chi connectivity index (χ0) is 11.6. The van der Waals surface area contributed by atoms with E-state index in [4.69, 9.17) is 10.8 Å². The van der Waals surface area contributed by atoms with Crippen molar-refractivity contribution >= 4 is 23.6 Å². The number of aliphatic carboxylic acids is 1. The predicted molar refractivity (Wildman–Crippen MR) is 58.4 cm³/mol. The number of carbonyl (C=O) groups is 2. The molecule has 1 heterocycles. The Kier molecular flexibility index (Phi) is 3.62. The monoisotopic (exact) mass is 232 g/mol. The number of nitrogens with zero attached hydrogens (tertiary/aromatic N) is 1. The Labute approximate surface area is 93.0 Å². The molecule has 0 unspecified atom stereocenters. The molecule has 0 radical (unpaired) electrons. The van der Waals surface area contributed by atoms with E-state index in [9.17, 15) is 9.59 Å². The lowest BCUT2D eigenvalue weighted by atomic mass is 9.91. The highest BCUT2D eigenvalue weighted by molar-refractivity contribution is 7.99. The summed E-state index contributed by atoms with van der Waals surface area (Å²) in [5, 5.41) is 8.93. The van der Waals surface area contributed by atoms with Crippen LogP contribution >= 0.6 is 11.8 Å². The van der Waals surface area contributed by atoms with Crippen LogP contribution in [0.25, 0.3) is 0 Å². The van der Waals surface area contributed by atoms with Crippen LogP contribution in [0.3, 0.4) is 0 Å². The maximum Gasteiger partial charge on any atom is 0.327 e. The van der Waals surface area contributed by atoms with Gasteiger partial charge in [0.25, 0.3) is 0 Å². The number of hydrogen-bond acceptors (Lipinski definition) is 4. The van der Waals surface area contributed by atoms with Crippen LogP contribution in [-0.2, 0) is 9.59 Å². The van der Waals surface area contributed by atoms with Crippen LogP contribution in [-0.4, -0.2) is 46.1 Å². The number of carbonyl (C=O) groups excluding carboxylic acids is 1. The second-order valence-corrected chi connectivity index (χ2v) is 5.22. The normalized spacial score (nSPS) is 21.8. The summed E-state index contributed by atoms with van der Waals surface area (Å²) in [5.74, 6) is -0.218. The number of nitrogens with two attached hydrogens (primary N) is 1. The van der Waals surface area contributed by atoms with E-state index in [-0.39, 0.29) is 12.5 Å². The van der Waals surface area contributed by atoms with E-state index >= 15 is 0 Å². The van der Waals surface area contributed by atoms with Crippen LogP contribution in [0.5, 0.6) is 0 Å². The van der Waals surface area contributed by atoms with Gasteiger partial charge in [-0.1, -0.05) is 0 Å². The molecule has 1 aliphatic heterocycles. The van der Waals surface area contributed by atoms with Crippen LogP contribution in [0.4, 0.5) is 0 Å². The van der Waals surface area contributed by atoms with Gasteiger partial charge in [-0.15, -0.1) is 11.8 Å². The van der Waals surface area contributed by atoms with Gasteiger partial charge in [0.2, 0.25) is 5.91 Å². The fraction of sp³-hybridized carbons (Fsp3) is 0.778. The Bertz CT molecular complexity index is 281. The molecule has 0 saturated carbocycles. The van der Waals surface area contributed by atoms with Crippen LogP contribution in [0.1, 0.15) is 13.8 Å². The third-order valence-corrected chi connectivity index (χ3v) is 3.53. The van der Waals surface area contributed by atoms with Gasteiger partial charge in [-0.3, -0.25) is 4.79 Å². The SMILES string of the molecule is CC(C)(CN)C(=O)N1CSC[C@H]1C(=O)O. The minimum Gasteiger partial charge on any atom is -0.480 e. The molecule has 15 heavy (non-hydrogen) atoms. The first-order chi connectivity index (χ1) is 6.90. The van der Waals surface area contributed by atoms with Crippen molar-refractivity contribution < 1.29 is 14.7 Å². The molecule has 6 heteroatoms. The molecule has 1 fully saturated rings. The lowest BCUT2D eigenvalue weighted by molar-refractivity contribution is -0.151. The molecule has 1 amide bonds. The Morgan fingerprint density at radius 1 is 1.60 bits per heavy atom. The summed E-state index contributed by atoms with van der Waals surface area (Å²) in [5.41, 5.74) is 4.81. The quantitative estimate of drug-likeness (QED) is 0.713. The maximum atomic E-state index is 12.0. The van der Waals surface area contributed by atoms with E-state index < -0.39 is 17.4 Å². The van der Waals surface area contributed by atoms with Gasteiger partial charge in [0.05, 0.1) is 11.3 Å². The van der Waals surface area contributed by atoms with Crippen molar-refractivity contribution in [3.63, 3.8) is 0 Å². The first-order valence-electron chi connectivity index (χ1n) is 4.72. The van der Waals surface area contributed by atoms with Gasteiger partial charge in [0.1, 0.15) is 6.04 Å². The summed E-state index contributed by atoms with van der Waals surface area (Å²) in [6.07, 6.45) is 0. The molecule has 1 aliphatic rings. The molecule has 86 valence electrons. The molecule has 5 nitrogen and oxygen atoms in total. The highest BCUT2D eigenvalue weighted by atomic mass is 32.2. The van der Waals surface area contributed by atoms with Gasteiger partial charge >= 0.3 is 5.97 Å². The van der Waals surface area contributed by atoms with Crippen LogP contribution < -0.4 is 5.73 Å². The molecular formula is C9H16N2O3S. The number of thioether (sulfide) groups is 1. The summed E-state index contributed by atoms with van der Waals surface area (Å²) < 4.78 is 0. The van der Waals surface area contributed by atoms with E-state index in [2.05, 4.69) is 0 Å². The number of amides is 1. The van der Waals surface area contributed by atoms with Gasteiger partial charge in [-0.25, -0.2) is 4.79 Å². The lowest BCUT2D eigenvalue weighted by Gasteiger charge is -2.29. The number of rotatable bonds is 3. The summed E-state index contributed by atoms with van der Waals surface area (Å²) in [6, 6.07) is -0.701. The molecule has 3 N–H and O–H groups in total. The fourth-order valence-corrected chi connectivity index (χ4v) is 2.47. The molecular weight excluding hydrogens is 216 g/mol. The third-order valence-electron chi connectivity index (χ3n) is 2.52. The first-order valence-corrected chi connectivity index (χ1v) is 5.87. The maximum absolute atomic E-state index is 12.0. The number of carboxylic acids is 1. The summed E-state index contributed by atoms with van der Waals surface area (Å²) in [4.78, 5) is 24.3. The van der Waals surface area contributed by atoms with Gasteiger partial charge in [-0.2, -0.15) is 0 Å². The van der Waals surface area contributed by atoms with E-state index in [1.165, 1.54) is 16.7 Å². The van der Waals surface area contributed by atoms with Crippen molar-refractivity contribution in [2.24, 2.45) is 11.1 Å². The molecule has 0 aromatic heterocycles. The average Bonchev–Trinajstić information content (AvgIpc) is 2.64. The zero-order valence-electron chi connectivity index (χ0n) is 8.90. The van der Waals surface area contributed by atoms with Crippen molar-refractivity contribution in [3.05, 3.63) is 0 Å². The molecule has 0 spiro atoms. The molecule has 0 aliphatic carbocycles. The van der Waals surface area contributed by atoms with Gasteiger partial charge < -0.3 is 15.7 Å². The van der Waals surface area contributed by atoms with Crippen molar-refractivity contribution in [1.82, 2.24) is 4.90 Å². The highest BCUT2D eigenvalue weighted by Gasteiger charge is 2.40. The summed E-state index contributed by atoms with van der Waals surface area (Å²) >= 11 is 1.46. The standard InChI is InChI=1S/C9H16N2O3S/c1-9(2,4-10)8(14)11-5-15-3-6(11)7(12)13/h6H,3-5,10H2,1-2H3,(H,12,13)/t6-/m0/s1. The second-order valence-electron chi connectivity index (χ2n) is 4.22. The second kappa shape index (κ2) is 4.40. The smallest absolute Gasteiger partial charge is 0.327 e. The van der Waals surface area contributed by atoms with Crippen molar-refractivity contribution in [2.75, 3.05) is 18.2 Å². The molecule has 0 bridgehead atoms. The van der Waals surface area contributed by atoms with Gasteiger partial charge in [-0.05, 0) is 13.8 Å². The van der Waals surface area contributed by atoms with Crippen LogP contribution in [0.15, 0.2) is 0 Å². The lowest BCUT2D eigenvalue weighted by Crippen LogP contribution is -2.49. The Balaban J connectivity index is 2.79. The minimum atomic E-state index is -0.943. The van der Waals surface area contributed by atoms with E-state index in [0.29, 0.717) is 11.6 Å². The molecule has 1 rings (SSSR count). The van der Waals surface area contributed by atoms with E-state index in [0.717, 1.165) is 0 Å². The van der Waals surface area contributed by atoms with Crippen LogP contribution in [0.2, 0.25) is 0 Å². The third kappa shape index (κ3) is 2.43. The topological polar surface area (TPSA) is 83.6 Å². The average molecular weight is 232 g/mol. The Morgan fingerprint density at radius 2 is 2.20 bits per heavy atom. The fourth-order valence-electron chi connectivity index (χ4n) is 1.32. The van der Waals surface area contributed by atoms with E-state index in [1.807, 2.05) is 0 Å². The molecule has 1 atom stereocenters. The van der Waals surface area contributed by atoms with Crippen molar-refractivity contribution in [1.29, 1.82) is 0 Å². The number of carboxylic acid groups (broad SMARTS) is 1. The molecule has 1 saturated heterocycles. The Hall–Kier alpha value is -0.750. The number of hydrogen-bond donors (Lipinski definition) is 2. The van der Waals surface area contributed by atoms with Crippen molar-refractivity contribution in [2.45, 2.75) is 19.9 Å². The Morgan fingerprint density at radius 3 is 2.67 bits per heavy atom. The van der Waals surface area contributed by atoms with Crippen molar-refractivity contribution in [3.8, 4) is 0 Å². The summed E-state index contributed by atoms with van der Waals surface area (Å²) in [6.45, 7) is 3.69.